The maximum absolute atomic E-state index is 2.33. The largest absolute Gasteiger partial charge is 0.0628 e. The first kappa shape index (κ1) is 16.3. The molecule has 0 aliphatic rings. The second-order valence-electron chi connectivity index (χ2n) is 6.86. The molecule has 0 heterocycles. The number of hydrogen-bond donors (Lipinski definition) is 0. The Kier molecular flexibility index (Phi) is 6.62. The molecule has 1 aromatic rings. The fourth-order valence-corrected chi connectivity index (χ4v) is 2.85. The Bertz CT molecular complexity index is 345. The lowest BCUT2D eigenvalue weighted by Gasteiger charge is -2.19. The summed E-state index contributed by atoms with van der Waals surface area (Å²) in [4.78, 5) is 0. The molecule has 1 rings (SSSR count). The molecule has 0 aliphatic carbocycles. The van der Waals surface area contributed by atoms with Crippen molar-refractivity contribution in [2.24, 2.45) is 5.92 Å². The highest BCUT2D eigenvalue weighted by molar-refractivity contribution is 5.39. The number of unbranched alkanes of at least 4 members (excludes halogenated alkanes) is 1. The summed E-state index contributed by atoms with van der Waals surface area (Å²) in [5, 5.41) is 0. The lowest BCUT2D eigenvalue weighted by atomic mass is 9.86. The SMILES string of the molecule is CC(C)CCCCc1c(C(C)C)cccc1C(C)C. The Hall–Kier alpha value is -0.780. The smallest absolute Gasteiger partial charge is 0.0216 e. The first-order chi connectivity index (χ1) is 8.93. The van der Waals surface area contributed by atoms with E-state index in [1.807, 2.05) is 0 Å². The zero-order chi connectivity index (χ0) is 14.4. The van der Waals surface area contributed by atoms with E-state index in [4.69, 9.17) is 0 Å². The summed E-state index contributed by atoms with van der Waals surface area (Å²) in [6.07, 6.45) is 5.32. The highest BCUT2D eigenvalue weighted by Crippen LogP contribution is 2.29. The molecule has 0 N–H and O–H groups in total. The van der Waals surface area contributed by atoms with Crippen molar-refractivity contribution >= 4 is 0 Å². The van der Waals surface area contributed by atoms with Crippen molar-refractivity contribution in [3.8, 4) is 0 Å². The third kappa shape index (κ3) is 5.01. The van der Waals surface area contributed by atoms with Crippen LogP contribution in [0.15, 0.2) is 18.2 Å². The molecule has 0 aliphatic heterocycles. The molecule has 0 saturated carbocycles. The summed E-state index contributed by atoms with van der Waals surface area (Å²) in [6.45, 7) is 13.9. The third-order valence-corrected chi connectivity index (χ3v) is 3.95. The van der Waals surface area contributed by atoms with Crippen molar-refractivity contribution in [1.82, 2.24) is 0 Å². The van der Waals surface area contributed by atoms with Crippen molar-refractivity contribution in [2.75, 3.05) is 0 Å². The van der Waals surface area contributed by atoms with Crippen molar-refractivity contribution in [3.05, 3.63) is 34.9 Å². The number of rotatable bonds is 7. The van der Waals surface area contributed by atoms with Gasteiger partial charge in [0.05, 0.1) is 0 Å². The van der Waals surface area contributed by atoms with E-state index >= 15 is 0 Å². The summed E-state index contributed by atoms with van der Waals surface area (Å²) in [5.74, 6) is 2.11. The van der Waals surface area contributed by atoms with Gasteiger partial charge < -0.3 is 0 Å². The molecule has 0 spiro atoms. The summed E-state index contributed by atoms with van der Waals surface area (Å²) in [6, 6.07) is 6.89. The minimum Gasteiger partial charge on any atom is -0.0628 e. The van der Waals surface area contributed by atoms with Crippen LogP contribution in [0.3, 0.4) is 0 Å². The fourth-order valence-electron chi connectivity index (χ4n) is 2.85. The van der Waals surface area contributed by atoms with Crippen LogP contribution in [-0.4, -0.2) is 0 Å². The van der Waals surface area contributed by atoms with Gasteiger partial charge >= 0.3 is 0 Å². The van der Waals surface area contributed by atoms with Gasteiger partial charge in [-0.05, 0) is 47.3 Å². The zero-order valence-corrected chi connectivity index (χ0v) is 13.8. The maximum Gasteiger partial charge on any atom is -0.0216 e. The van der Waals surface area contributed by atoms with Crippen molar-refractivity contribution in [2.45, 2.75) is 79.1 Å². The summed E-state index contributed by atoms with van der Waals surface area (Å²) in [5.41, 5.74) is 4.77. The second-order valence-corrected chi connectivity index (χ2v) is 6.86. The molecule has 1 aromatic carbocycles. The van der Waals surface area contributed by atoms with Crippen LogP contribution in [0, 0.1) is 5.92 Å². The minimum atomic E-state index is 0.638. The molecule has 108 valence electrons. The van der Waals surface area contributed by atoms with E-state index in [0.717, 1.165) is 5.92 Å². The highest BCUT2D eigenvalue weighted by Gasteiger charge is 2.13. The Labute approximate surface area is 120 Å². The van der Waals surface area contributed by atoms with Crippen molar-refractivity contribution in [1.29, 1.82) is 0 Å². The first-order valence-electron chi connectivity index (χ1n) is 8.05. The van der Waals surface area contributed by atoms with Crippen LogP contribution in [0.25, 0.3) is 0 Å². The summed E-state index contributed by atoms with van der Waals surface area (Å²) in [7, 11) is 0. The fraction of sp³-hybridized carbons (Fsp3) is 0.684. The van der Waals surface area contributed by atoms with Gasteiger partial charge in [-0.1, -0.05) is 72.6 Å². The van der Waals surface area contributed by atoms with Crippen LogP contribution in [0.4, 0.5) is 0 Å². The monoisotopic (exact) mass is 260 g/mol. The van der Waals surface area contributed by atoms with E-state index in [9.17, 15) is 0 Å². The molecular formula is C19H32. The van der Waals surface area contributed by atoms with Gasteiger partial charge in [0.25, 0.3) is 0 Å². The van der Waals surface area contributed by atoms with Crippen LogP contribution in [0.2, 0.25) is 0 Å². The number of hydrogen-bond acceptors (Lipinski definition) is 0. The van der Waals surface area contributed by atoms with E-state index in [1.165, 1.54) is 25.7 Å². The summed E-state index contributed by atoms with van der Waals surface area (Å²) < 4.78 is 0. The Morgan fingerprint density at radius 3 is 1.74 bits per heavy atom. The number of benzene rings is 1. The predicted molar refractivity (Wildman–Crippen MR) is 87.0 cm³/mol. The molecule has 0 radical (unpaired) electrons. The molecule has 0 aromatic heterocycles. The van der Waals surface area contributed by atoms with Crippen LogP contribution in [0.1, 0.15) is 89.3 Å². The average Bonchev–Trinajstić information content (AvgIpc) is 2.33. The zero-order valence-electron chi connectivity index (χ0n) is 13.8. The molecule has 0 atom stereocenters. The van der Waals surface area contributed by atoms with E-state index in [2.05, 4.69) is 59.7 Å². The van der Waals surface area contributed by atoms with Gasteiger partial charge in [0.2, 0.25) is 0 Å². The quantitative estimate of drug-likeness (QED) is 0.504. The van der Waals surface area contributed by atoms with E-state index in [0.29, 0.717) is 11.8 Å². The van der Waals surface area contributed by atoms with Crippen LogP contribution in [0.5, 0.6) is 0 Å². The van der Waals surface area contributed by atoms with Gasteiger partial charge in [-0.25, -0.2) is 0 Å². The molecule has 0 bridgehead atoms. The maximum atomic E-state index is 2.33. The van der Waals surface area contributed by atoms with Gasteiger partial charge in [-0.15, -0.1) is 0 Å². The second kappa shape index (κ2) is 7.72. The van der Waals surface area contributed by atoms with E-state index < -0.39 is 0 Å². The first-order valence-corrected chi connectivity index (χ1v) is 8.05. The van der Waals surface area contributed by atoms with Gasteiger partial charge in [0, 0.05) is 0 Å². The Morgan fingerprint density at radius 1 is 0.789 bits per heavy atom. The highest BCUT2D eigenvalue weighted by atomic mass is 14.2. The average molecular weight is 260 g/mol. The van der Waals surface area contributed by atoms with Crippen LogP contribution in [-0.2, 0) is 6.42 Å². The normalized spacial score (nSPS) is 11.8. The lowest BCUT2D eigenvalue weighted by molar-refractivity contribution is 0.536. The van der Waals surface area contributed by atoms with Crippen molar-refractivity contribution in [3.63, 3.8) is 0 Å². The molecule has 0 nitrogen and oxygen atoms in total. The predicted octanol–water partition coefficient (Wildman–Crippen LogP) is 6.30. The molecule has 0 unspecified atom stereocenters. The van der Waals surface area contributed by atoms with E-state index in [1.54, 1.807) is 16.7 Å². The topological polar surface area (TPSA) is 0 Å². The lowest BCUT2D eigenvalue weighted by Crippen LogP contribution is -2.04. The minimum absolute atomic E-state index is 0.638. The van der Waals surface area contributed by atoms with Gasteiger partial charge in [-0.2, -0.15) is 0 Å². The standard InChI is InChI=1S/C19H32/c1-14(2)10-7-8-11-19-17(15(3)4)12-9-13-18(19)16(5)6/h9,12-16H,7-8,10-11H2,1-6H3. The van der Waals surface area contributed by atoms with Gasteiger partial charge in [0.1, 0.15) is 0 Å². The molecule has 0 saturated heterocycles. The van der Waals surface area contributed by atoms with E-state index in [-0.39, 0.29) is 0 Å². The van der Waals surface area contributed by atoms with Gasteiger partial charge in [-0.3, -0.25) is 0 Å². The van der Waals surface area contributed by atoms with Gasteiger partial charge in [0.15, 0.2) is 0 Å². The molecule has 0 fully saturated rings. The molecule has 19 heavy (non-hydrogen) atoms. The summed E-state index contributed by atoms with van der Waals surface area (Å²) >= 11 is 0. The Morgan fingerprint density at radius 2 is 1.32 bits per heavy atom. The van der Waals surface area contributed by atoms with Crippen molar-refractivity contribution < 1.29 is 0 Å². The van der Waals surface area contributed by atoms with Crippen LogP contribution >= 0.6 is 0 Å². The molecule has 0 heteroatoms. The van der Waals surface area contributed by atoms with Crippen LogP contribution < -0.4 is 0 Å². The molecule has 0 amide bonds. The Balaban J connectivity index is 2.83. The third-order valence-electron chi connectivity index (χ3n) is 3.95. The molecular weight excluding hydrogens is 228 g/mol.